The molecule has 0 saturated heterocycles. The number of amides is 1. The van der Waals surface area contributed by atoms with Crippen molar-refractivity contribution in [2.75, 3.05) is 6.54 Å². The van der Waals surface area contributed by atoms with Gasteiger partial charge in [0.15, 0.2) is 0 Å². The SMILES string of the molecule is O=C(CNC1CC1)NCc1cc[nH]c1. The maximum atomic E-state index is 11.3. The third kappa shape index (κ3) is 2.88. The number of hydrogen-bond donors (Lipinski definition) is 3. The third-order valence-corrected chi connectivity index (χ3v) is 2.28. The van der Waals surface area contributed by atoms with Crippen LogP contribution in [0, 0.1) is 0 Å². The van der Waals surface area contributed by atoms with Crippen LogP contribution in [0.15, 0.2) is 18.5 Å². The van der Waals surface area contributed by atoms with E-state index in [1.165, 1.54) is 12.8 Å². The molecule has 1 fully saturated rings. The summed E-state index contributed by atoms with van der Waals surface area (Å²) in [5, 5.41) is 6.01. The fourth-order valence-corrected chi connectivity index (χ4v) is 1.26. The first-order valence-corrected chi connectivity index (χ1v) is 4.96. The Morgan fingerprint density at radius 3 is 3.07 bits per heavy atom. The molecule has 4 heteroatoms. The van der Waals surface area contributed by atoms with Gasteiger partial charge >= 0.3 is 0 Å². The quantitative estimate of drug-likeness (QED) is 0.633. The maximum Gasteiger partial charge on any atom is 0.234 e. The van der Waals surface area contributed by atoms with E-state index in [0.29, 0.717) is 19.1 Å². The first-order chi connectivity index (χ1) is 6.84. The molecule has 4 nitrogen and oxygen atoms in total. The van der Waals surface area contributed by atoms with Crippen molar-refractivity contribution in [2.45, 2.75) is 25.4 Å². The summed E-state index contributed by atoms with van der Waals surface area (Å²) in [6, 6.07) is 2.54. The van der Waals surface area contributed by atoms with Crippen LogP contribution >= 0.6 is 0 Å². The van der Waals surface area contributed by atoms with Crippen molar-refractivity contribution in [3.05, 3.63) is 24.0 Å². The zero-order chi connectivity index (χ0) is 9.80. The van der Waals surface area contributed by atoms with E-state index in [4.69, 9.17) is 0 Å². The van der Waals surface area contributed by atoms with Crippen LogP contribution in [0.25, 0.3) is 0 Å². The minimum absolute atomic E-state index is 0.0677. The molecule has 1 saturated carbocycles. The second-order valence-corrected chi connectivity index (χ2v) is 3.65. The Hall–Kier alpha value is -1.29. The first kappa shape index (κ1) is 9.27. The molecule has 14 heavy (non-hydrogen) atoms. The molecule has 1 aromatic rings. The summed E-state index contributed by atoms with van der Waals surface area (Å²) in [5.41, 5.74) is 1.10. The molecule has 3 N–H and O–H groups in total. The lowest BCUT2D eigenvalue weighted by Gasteiger charge is -2.04. The summed E-state index contributed by atoms with van der Waals surface area (Å²) in [7, 11) is 0. The van der Waals surface area contributed by atoms with E-state index in [0.717, 1.165) is 5.56 Å². The Kier molecular flexibility index (Phi) is 2.84. The molecule has 0 atom stereocenters. The zero-order valence-corrected chi connectivity index (χ0v) is 8.05. The molecule has 0 unspecified atom stereocenters. The summed E-state index contributed by atoms with van der Waals surface area (Å²) < 4.78 is 0. The number of rotatable bonds is 5. The van der Waals surface area contributed by atoms with Crippen molar-refractivity contribution in [2.24, 2.45) is 0 Å². The Balaban J connectivity index is 1.62. The van der Waals surface area contributed by atoms with E-state index in [9.17, 15) is 4.79 Å². The van der Waals surface area contributed by atoms with Gasteiger partial charge in [-0.25, -0.2) is 0 Å². The lowest BCUT2D eigenvalue weighted by atomic mass is 10.3. The number of hydrogen-bond acceptors (Lipinski definition) is 2. The number of carbonyl (C=O) groups excluding carboxylic acids is 1. The zero-order valence-electron chi connectivity index (χ0n) is 8.05. The van der Waals surface area contributed by atoms with Crippen molar-refractivity contribution in [1.29, 1.82) is 0 Å². The molecule has 76 valence electrons. The predicted octanol–water partition coefficient (Wildman–Crippen LogP) is 0.383. The summed E-state index contributed by atoms with van der Waals surface area (Å²) in [5.74, 6) is 0.0677. The Morgan fingerprint density at radius 2 is 2.43 bits per heavy atom. The molecule has 0 bridgehead atoms. The molecular weight excluding hydrogens is 178 g/mol. The molecule has 0 aliphatic heterocycles. The molecule has 1 amide bonds. The maximum absolute atomic E-state index is 11.3. The smallest absolute Gasteiger partial charge is 0.234 e. The lowest BCUT2D eigenvalue weighted by molar-refractivity contribution is -0.120. The number of carbonyl (C=O) groups is 1. The fraction of sp³-hybridized carbons (Fsp3) is 0.500. The van der Waals surface area contributed by atoms with E-state index in [-0.39, 0.29) is 5.91 Å². The second kappa shape index (κ2) is 4.28. The molecule has 1 aromatic heterocycles. The van der Waals surface area contributed by atoms with Gasteiger partial charge in [-0.05, 0) is 24.5 Å². The van der Waals surface area contributed by atoms with Gasteiger partial charge in [-0.15, -0.1) is 0 Å². The molecular formula is C10H15N3O. The fourth-order valence-electron chi connectivity index (χ4n) is 1.26. The van der Waals surface area contributed by atoms with Gasteiger partial charge in [0, 0.05) is 25.0 Å². The average Bonchev–Trinajstić information content (AvgIpc) is 2.87. The van der Waals surface area contributed by atoms with E-state index < -0.39 is 0 Å². The van der Waals surface area contributed by atoms with E-state index in [1.54, 1.807) is 0 Å². The highest BCUT2D eigenvalue weighted by molar-refractivity contribution is 5.78. The largest absolute Gasteiger partial charge is 0.367 e. The number of H-pyrrole nitrogens is 1. The highest BCUT2D eigenvalue weighted by atomic mass is 16.1. The van der Waals surface area contributed by atoms with Crippen LogP contribution in [0.5, 0.6) is 0 Å². The van der Waals surface area contributed by atoms with Gasteiger partial charge in [0.25, 0.3) is 0 Å². The van der Waals surface area contributed by atoms with Gasteiger partial charge in [-0.3, -0.25) is 4.79 Å². The van der Waals surface area contributed by atoms with Crippen LogP contribution in [-0.4, -0.2) is 23.5 Å². The number of nitrogens with one attached hydrogen (secondary N) is 3. The van der Waals surface area contributed by atoms with Crippen LogP contribution in [0.4, 0.5) is 0 Å². The monoisotopic (exact) mass is 193 g/mol. The minimum Gasteiger partial charge on any atom is -0.367 e. The molecule has 1 aliphatic rings. The van der Waals surface area contributed by atoms with Gasteiger partial charge in [-0.2, -0.15) is 0 Å². The molecule has 0 aromatic carbocycles. The first-order valence-electron chi connectivity index (χ1n) is 4.96. The van der Waals surface area contributed by atoms with Crippen molar-refractivity contribution in [3.8, 4) is 0 Å². The molecule has 0 radical (unpaired) electrons. The third-order valence-electron chi connectivity index (χ3n) is 2.28. The highest BCUT2D eigenvalue weighted by Gasteiger charge is 2.20. The molecule has 1 heterocycles. The highest BCUT2D eigenvalue weighted by Crippen LogP contribution is 2.17. The van der Waals surface area contributed by atoms with E-state index >= 15 is 0 Å². The lowest BCUT2D eigenvalue weighted by Crippen LogP contribution is -2.34. The van der Waals surface area contributed by atoms with Gasteiger partial charge < -0.3 is 15.6 Å². The molecule has 1 aliphatic carbocycles. The summed E-state index contributed by atoms with van der Waals surface area (Å²) in [4.78, 5) is 14.2. The Labute approximate surface area is 83.1 Å². The van der Waals surface area contributed by atoms with Gasteiger partial charge in [0.2, 0.25) is 5.91 Å². The molecule has 0 spiro atoms. The van der Waals surface area contributed by atoms with Crippen molar-refractivity contribution in [3.63, 3.8) is 0 Å². The number of aromatic amines is 1. The molecule has 2 rings (SSSR count). The second-order valence-electron chi connectivity index (χ2n) is 3.65. The van der Waals surface area contributed by atoms with Gasteiger partial charge in [-0.1, -0.05) is 0 Å². The number of aromatic nitrogens is 1. The van der Waals surface area contributed by atoms with E-state index in [1.807, 2.05) is 18.5 Å². The Morgan fingerprint density at radius 1 is 1.57 bits per heavy atom. The summed E-state index contributed by atoms with van der Waals surface area (Å²) in [6.45, 7) is 1.05. The van der Waals surface area contributed by atoms with Crippen LogP contribution < -0.4 is 10.6 Å². The van der Waals surface area contributed by atoms with Crippen molar-refractivity contribution in [1.82, 2.24) is 15.6 Å². The van der Waals surface area contributed by atoms with Gasteiger partial charge in [0.05, 0.1) is 6.54 Å². The van der Waals surface area contributed by atoms with Crippen LogP contribution in [0.3, 0.4) is 0 Å². The van der Waals surface area contributed by atoms with Crippen molar-refractivity contribution < 1.29 is 4.79 Å². The van der Waals surface area contributed by atoms with Crippen LogP contribution in [0.1, 0.15) is 18.4 Å². The summed E-state index contributed by atoms with van der Waals surface area (Å²) >= 11 is 0. The van der Waals surface area contributed by atoms with Crippen molar-refractivity contribution >= 4 is 5.91 Å². The standard InChI is InChI=1S/C10H15N3O/c14-10(7-12-9-1-2-9)13-6-8-3-4-11-5-8/h3-5,9,11-12H,1-2,6-7H2,(H,13,14). The summed E-state index contributed by atoms with van der Waals surface area (Å²) in [6.07, 6.45) is 6.16. The van der Waals surface area contributed by atoms with Crippen LogP contribution in [0.2, 0.25) is 0 Å². The van der Waals surface area contributed by atoms with E-state index in [2.05, 4.69) is 15.6 Å². The predicted molar refractivity (Wildman–Crippen MR) is 53.7 cm³/mol. The topological polar surface area (TPSA) is 56.9 Å². The normalized spacial score (nSPS) is 15.4. The Bertz CT molecular complexity index is 290. The van der Waals surface area contributed by atoms with Gasteiger partial charge in [0.1, 0.15) is 0 Å². The van der Waals surface area contributed by atoms with Crippen LogP contribution in [-0.2, 0) is 11.3 Å². The minimum atomic E-state index is 0.0677. The average molecular weight is 193 g/mol.